The van der Waals surface area contributed by atoms with Crippen LogP contribution in [0, 0.1) is 32.6 Å². The Balaban J connectivity index is 0.000000175. The van der Waals surface area contributed by atoms with Gasteiger partial charge in [0.15, 0.2) is 0 Å². The summed E-state index contributed by atoms with van der Waals surface area (Å²) in [5.41, 5.74) is 19.1. The first kappa shape index (κ1) is 57.8. The van der Waals surface area contributed by atoms with Crippen molar-refractivity contribution in [1.82, 2.24) is 18.9 Å². The molecule has 0 amide bonds. The van der Waals surface area contributed by atoms with Crippen molar-refractivity contribution in [3.8, 4) is 22.5 Å². The number of nitrogens with zero attached hydrogens (tertiary/aromatic N) is 6. The van der Waals surface area contributed by atoms with Crippen LogP contribution in [0.4, 0.5) is 11.4 Å². The minimum Gasteiger partial charge on any atom is -0.384 e. The Kier molecular flexibility index (Phi) is 20.5. The van der Waals surface area contributed by atoms with Crippen LogP contribution in [0.1, 0.15) is 130 Å². The molecule has 12 nitrogen and oxygen atoms in total. The molecule has 12 heteroatoms. The maximum absolute atomic E-state index is 8.12. The number of rotatable bonds is 12. The van der Waals surface area contributed by atoms with E-state index < -0.39 is 0 Å². The molecule has 4 fully saturated rings. The summed E-state index contributed by atoms with van der Waals surface area (Å²) in [7, 11) is 3.69. The minimum atomic E-state index is 0.250. The second kappa shape index (κ2) is 28.0. The van der Waals surface area contributed by atoms with Crippen molar-refractivity contribution in [2.45, 2.75) is 136 Å². The van der Waals surface area contributed by atoms with Crippen molar-refractivity contribution in [3.05, 3.63) is 107 Å². The zero-order chi connectivity index (χ0) is 55.3. The van der Waals surface area contributed by atoms with Crippen LogP contribution in [-0.4, -0.2) is 124 Å². The summed E-state index contributed by atoms with van der Waals surface area (Å²) in [4.78, 5) is 43.2. The molecule has 0 unspecified atom stereocenters. The summed E-state index contributed by atoms with van der Waals surface area (Å²) < 4.78 is 16.3. The van der Waals surface area contributed by atoms with Crippen LogP contribution in [0.15, 0.2) is 78.9 Å². The highest BCUT2D eigenvalue weighted by Crippen LogP contribution is 2.49. The van der Waals surface area contributed by atoms with Crippen molar-refractivity contribution in [2.75, 3.05) is 103 Å². The van der Waals surface area contributed by atoms with E-state index in [0.717, 1.165) is 65.6 Å². The lowest BCUT2D eigenvalue weighted by molar-refractivity contribution is -0.193. The van der Waals surface area contributed by atoms with Crippen LogP contribution >= 0.6 is 0 Å². The van der Waals surface area contributed by atoms with Gasteiger partial charge in [-0.15, -0.1) is 0 Å². The SMILES string of the molecule is COC[C@@H]1CCCN(CCN2CCn3c(c(C4CCCCC4)c4ccc(C)cc43)-c3ccc(C)cc32)C1.COC[C@@H]1CCCN(CCN2CCn3c(c(C4CCCCC4)c4ccccc43)-c3ccc(C)cc32)C1.O=C=O.O=C=O. The van der Waals surface area contributed by atoms with Gasteiger partial charge in [-0.25, -0.2) is 0 Å². The summed E-state index contributed by atoms with van der Waals surface area (Å²) in [6.45, 7) is 22.1. The standard InChI is InChI=1S/C33H45N3O.C32H43N3O.2CO2/c1-24-12-14-29-30(20-24)35(17-16-34-15-7-8-26(22-34)23-37-3)18-19-36-31-21-25(2)11-13-28(31)32(33(29)36)27-9-5-4-6-10-27;1-24-14-15-28-30(21-24)34(18-17-33-16-8-9-25(22-33)23-36-2)19-20-35-29-13-7-6-12-27(29)31(32(28)35)26-10-4-3-5-11-26;2*2-1-3/h11-14,20-21,26-27H,4-10,15-19,22-23H2,1-3H3;6-7,12-15,21,25-26H,3-5,8-11,16-20,22-23H2,1-2H3;;/t26-;25-;;/m11../s1. The molecule has 6 aliphatic rings. The number of aromatic nitrogens is 2. The van der Waals surface area contributed by atoms with E-state index in [-0.39, 0.29) is 12.3 Å². The Morgan fingerprint density at radius 3 is 1.37 bits per heavy atom. The van der Waals surface area contributed by atoms with Gasteiger partial charge in [-0.2, -0.15) is 19.2 Å². The van der Waals surface area contributed by atoms with E-state index >= 15 is 0 Å². The molecule has 6 heterocycles. The molecule has 2 saturated heterocycles. The van der Waals surface area contributed by atoms with Crippen molar-refractivity contribution < 1.29 is 28.7 Å². The third kappa shape index (κ3) is 13.5. The molecule has 4 aromatic carbocycles. The molecule has 2 atom stereocenters. The highest BCUT2D eigenvalue weighted by atomic mass is 16.5. The topological polar surface area (TPSA) is 110 Å². The van der Waals surface area contributed by atoms with E-state index in [1.165, 1.54) is 188 Å². The van der Waals surface area contributed by atoms with Gasteiger partial charge in [-0.1, -0.05) is 93.1 Å². The fourth-order valence-corrected chi connectivity index (χ4v) is 14.8. The zero-order valence-corrected chi connectivity index (χ0v) is 48.2. The lowest BCUT2D eigenvalue weighted by Crippen LogP contribution is -2.42. The normalized spacial score (nSPS) is 19.9. The molecule has 2 saturated carbocycles. The third-order valence-electron chi connectivity index (χ3n) is 18.4. The van der Waals surface area contributed by atoms with Gasteiger partial charge in [-0.05, 0) is 161 Å². The van der Waals surface area contributed by atoms with Crippen LogP contribution in [0.5, 0.6) is 0 Å². The van der Waals surface area contributed by atoms with Gasteiger partial charge in [-0.3, -0.25) is 0 Å². The molecule has 12 rings (SSSR count). The van der Waals surface area contributed by atoms with Gasteiger partial charge in [0.05, 0.1) is 24.6 Å². The van der Waals surface area contributed by atoms with Crippen LogP contribution < -0.4 is 9.80 Å². The van der Waals surface area contributed by atoms with E-state index in [0.29, 0.717) is 23.7 Å². The number of hydrogen-bond donors (Lipinski definition) is 0. The smallest absolute Gasteiger partial charge is 0.373 e. The fraction of sp³-hybridized carbons (Fsp3) is 0.552. The predicted molar refractivity (Wildman–Crippen MR) is 317 cm³/mol. The monoisotopic (exact) mass is 1070 g/mol. The molecular formula is C67H88N6O6. The van der Waals surface area contributed by atoms with Crippen LogP contribution in [-0.2, 0) is 41.7 Å². The van der Waals surface area contributed by atoms with Crippen molar-refractivity contribution >= 4 is 45.5 Å². The lowest BCUT2D eigenvalue weighted by atomic mass is 9.81. The quantitative estimate of drug-likeness (QED) is 0.117. The average Bonchev–Trinajstić information content (AvgIpc) is 4.11. The number of benzene rings is 4. The Morgan fingerprint density at radius 2 is 0.886 bits per heavy atom. The highest BCUT2D eigenvalue weighted by molar-refractivity contribution is 5.97. The maximum Gasteiger partial charge on any atom is 0.373 e. The number of carbonyl (C=O) groups excluding carboxylic acids is 4. The molecule has 4 aliphatic heterocycles. The van der Waals surface area contributed by atoms with E-state index in [1.54, 1.807) is 11.1 Å². The summed E-state index contributed by atoms with van der Waals surface area (Å²) in [5.74, 6) is 2.74. The number of para-hydroxylation sites is 1. The number of ether oxygens (including phenoxy) is 2. The number of fused-ring (bicyclic) bond motifs is 10. The lowest BCUT2D eigenvalue weighted by Gasteiger charge is -2.34. The molecule has 6 aromatic rings. The maximum atomic E-state index is 8.12. The molecule has 0 N–H and O–H groups in total. The average molecular weight is 1070 g/mol. The van der Waals surface area contributed by atoms with Gasteiger partial charge in [0, 0.05) is 124 Å². The van der Waals surface area contributed by atoms with Crippen LogP contribution in [0.25, 0.3) is 44.3 Å². The number of hydrogen-bond acceptors (Lipinski definition) is 10. The van der Waals surface area contributed by atoms with E-state index in [4.69, 9.17) is 28.7 Å². The van der Waals surface area contributed by atoms with Gasteiger partial charge in [0.2, 0.25) is 0 Å². The van der Waals surface area contributed by atoms with E-state index in [2.05, 4.69) is 128 Å². The van der Waals surface area contributed by atoms with Crippen molar-refractivity contribution in [2.24, 2.45) is 11.8 Å². The molecule has 0 spiro atoms. The molecular weight excluding hydrogens is 985 g/mol. The molecule has 79 heavy (non-hydrogen) atoms. The Morgan fingerprint density at radius 1 is 0.456 bits per heavy atom. The van der Waals surface area contributed by atoms with E-state index in [9.17, 15) is 0 Å². The molecule has 2 aromatic heterocycles. The number of likely N-dealkylation sites (tertiary alicyclic amines) is 2. The van der Waals surface area contributed by atoms with Gasteiger partial charge in [0.25, 0.3) is 0 Å². The summed E-state index contributed by atoms with van der Waals surface area (Å²) in [5, 5.41) is 3.00. The molecule has 2 aliphatic carbocycles. The fourth-order valence-electron chi connectivity index (χ4n) is 14.8. The summed E-state index contributed by atoms with van der Waals surface area (Å²) in [6, 6.07) is 30.8. The first-order valence-electron chi connectivity index (χ1n) is 30.0. The predicted octanol–water partition coefficient (Wildman–Crippen LogP) is 12.8. The summed E-state index contributed by atoms with van der Waals surface area (Å²) >= 11 is 0. The van der Waals surface area contributed by atoms with Gasteiger partial charge in [0.1, 0.15) is 0 Å². The first-order chi connectivity index (χ1) is 38.7. The third-order valence-corrected chi connectivity index (χ3v) is 18.4. The number of methoxy groups -OCH3 is 2. The number of anilines is 2. The first-order valence-corrected chi connectivity index (χ1v) is 30.0. The van der Waals surface area contributed by atoms with E-state index in [1.807, 2.05) is 14.2 Å². The highest BCUT2D eigenvalue weighted by Gasteiger charge is 2.33. The molecule has 422 valence electrons. The van der Waals surface area contributed by atoms with Gasteiger partial charge < -0.3 is 38.2 Å². The van der Waals surface area contributed by atoms with Crippen LogP contribution in [0.2, 0.25) is 0 Å². The minimum absolute atomic E-state index is 0.250. The van der Waals surface area contributed by atoms with Crippen molar-refractivity contribution in [1.29, 1.82) is 0 Å². The second-order valence-electron chi connectivity index (χ2n) is 23.7. The Hall–Kier alpha value is -5.84. The molecule has 0 bridgehead atoms. The Bertz CT molecular complexity index is 3010. The second-order valence-corrected chi connectivity index (χ2v) is 23.7. The molecule has 0 radical (unpaired) electrons. The van der Waals surface area contributed by atoms with Crippen molar-refractivity contribution in [3.63, 3.8) is 0 Å². The van der Waals surface area contributed by atoms with Crippen LogP contribution in [0.3, 0.4) is 0 Å². The number of piperidine rings is 2. The van der Waals surface area contributed by atoms with Gasteiger partial charge >= 0.3 is 12.3 Å². The Labute approximate surface area is 470 Å². The summed E-state index contributed by atoms with van der Waals surface area (Å²) in [6.07, 6.45) is 19.3. The number of aryl methyl sites for hydroxylation is 3. The largest absolute Gasteiger partial charge is 0.384 e. The zero-order valence-electron chi connectivity index (χ0n) is 48.2.